The van der Waals surface area contributed by atoms with Crippen LogP contribution in [0.5, 0.6) is 5.75 Å². The van der Waals surface area contributed by atoms with Gasteiger partial charge in [-0.2, -0.15) is 4.68 Å². The topological polar surface area (TPSA) is 56.1 Å². The standard InChI is InChI=1S/C19H22ClN5O/c1-15(19-21-22-23-25(19)17-9-4-3-5-10-17)24(2)12-7-13-26-18-11-6-8-16(20)14-18/h3-6,8-11,14-15H,7,12-13H2,1-2H3. The zero-order valence-electron chi connectivity index (χ0n) is 14.9. The molecule has 6 nitrogen and oxygen atoms in total. The van der Waals surface area contributed by atoms with Crippen LogP contribution in [0.4, 0.5) is 0 Å². The van der Waals surface area contributed by atoms with Crippen LogP contribution in [0.2, 0.25) is 5.02 Å². The molecule has 1 aromatic heterocycles. The van der Waals surface area contributed by atoms with Gasteiger partial charge in [0.25, 0.3) is 0 Å². The molecule has 2 aromatic carbocycles. The largest absolute Gasteiger partial charge is 0.493 e. The SMILES string of the molecule is CC(c1nnnn1-c1ccccc1)N(C)CCCOc1cccc(Cl)c1. The number of para-hydroxylation sites is 1. The Labute approximate surface area is 158 Å². The second-order valence-corrected chi connectivity index (χ2v) is 6.54. The lowest BCUT2D eigenvalue weighted by atomic mass is 10.2. The Balaban J connectivity index is 1.54. The van der Waals surface area contributed by atoms with Gasteiger partial charge in [0.1, 0.15) is 5.75 Å². The van der Waals surface area contributed by atoms with Crippen LogP contribution >= 0.6 is 11.6 Å². The van der Waals surface area contributed by atoms with Crippen LogP contribution in [0.25, 0.3) is 5.69 Å². The maximum absolute atomic E-state index is 5.96. The molecule has 26 heavy (non-hydrogen) atoms. The van der Waals surface area contributed by atoms with Gasteiger partial charge in [-0.05, 0) is 61.2 Å². The summed E-state index contributed by atoms with van der Waals surface area (Å²) < 4.78 is 7.53. The monoisotopic (exact) mass is 371 g/mol. The molecule has 0 saturated heterocycles. The third-order valence-electron chi connectivity index (χ3n) is 4.25. The second kappa shape index (κ2) is 8.78. The minimum absolute atomic E-state index is 0.0800. The molecule has 0 aliphatic heterocycles. The van der Waals surface area contributed by atoms with Gasteiger partial charge >= 0.3 is 0 Å². The molecule has 3 rings (SSSR count). The van der Waals surface area contributed by atoms with Crippen molar-refractivity contribution in [1.82, 2.24) is 25.1 Å². The fourth-order valence-corrected chi connectivity index (χ4v) is 2.84. The Kier molecular flexibility index (Phi) is 6.20. The quantitative estimate of drug-likeness (QED) is 0.564. The van der Waals surface area contributed by atoms with Gasteiger partial charge in [-0.1, -0.05) is 35.9 Å². The summed E-state index contributed by atoms with van der Waals surface area (Å²) in [5, 5.41) is 12.9. The predicted molar refractivity (Wildman–Crippen MR) is 102 cm³/mol. The molecule has 0 saturated carbocycles. The van der Waals surface area contributed by atoms with Gasteiger partial charge in [0.2, 0.25) is 0 Å². The number of tetrazole rings is 1. The molecule has 0 aliphatic rings. The third-order valence-corrected chi connectivity index (χ3v) is 4.48. The summed E-state index contributed by atoms with van der Waals surface area (Å²) in [4.78, 5) is 2.21. The number of aromatic nitrogens is 4. The Morgan fingerprint density at radius 2 is 1.96 bits per heavy atom. The Morgan fingerprint density at radius 3 is 2.73 bits per heavy atom. The van der Waals surface area contributed by atoms with E-state index in [2.05, 4.69) is 34.4 Å². The van der Waals surface area contributed by atoms with E-state index in [9.17, 15) is 0 Å². The van der Waals surface area contributed by atoms with Crippen LogP contribution < -0.4 is 4.74 Å². The average Bonchev–Trinajstić information content (AvgIpc) is 3.15. The fourth-order valence-electron chi connectivity index (χ4n) is 2.66. The highest BCUT2D eigenvalue weighted by Gasteiger charge is 2.19. The molecule has 3 aromatic rings. The van der Waals surface area contributed by atoms with Crippen LogP contribution in [0, 0.1) is 0 Å². The first-order chi connectivity index (χ1) is 12.6. The van der Waals surface area contributed by atoms with Crippen LogP contribution in [-0.4, -0.2) is 45.3 Å². The molecule has 0 spiro atoms. The molecule has 7 heteroatoms. The number of rotatable bonds is 8. The van der Waals surface area contributed by atoms with E-state index in [1.165, 1.54) is 0 Å². The average molecular weight is 372 g/mol. The molecule has 1 atom stereocenters. The van der Waals surface area contributed by atoms with Crippen molar-refractivity contribution in [2.24, 2.45) is 0 Å². The van der Waals surface area contributed by atoms with Crippen molar-refractivity contribution < 1.29 is 4.74 Å². The van der Waals surface area contributed by atoms with E-state index in [1.54, 1.807) is 4.68 Å². The normalized spacial score (nSPS) is 12.3. The van der Waals surface area contributed by atoms with Crippen molar-refractivity contribution in [2.75, 3.05) is 20.2 Å². The van der Waals surface area contributed by atoms with Gasteiger partial charge in [0.05, 0.1) is 18.3 Å². The summed E-state index contributed by atoms with van der Waals surface area (Å²) in [6, 6.07) is 17.4. The minimum atomic E-state index is 0.0800. The van der Waals surface area contributed by atoms with Gasteiger partial charge in [-0.3, -0.25) is 4.90 Å². The summed E-state index contributed by atoms with van der Waals surface area (Å²) >= 11 is 5.96. The number of halogens is 1. The Bertz CT molecular complexity index is 824. The zero-order valence-corrected chi connectivity index (χ0v) is 15.7. The van der Waals surface area contributed by atoms with E-state index >= 15 is 0 Å². The number of hydrogen-bond donors (Lipinski definition) is 0. The summed E-state index contributed by atoms with van der Waals surface area (Å²) in [5.41, 5.74) is 0.956. The van der Waals surface area contributed by atoms with Crippen LogP contribution in [0.1, 0.15) is 25.2 Å². The van der Waals surface area contributed by atoms with Crippen LogP contribution in [0.15, 0.2) is 54.6 Å². The lowest BCUT2D eigenvalue weighted by Gasteiger charge is -2.23. The summed E-state index contributed by atoms with van der Waals surface area (Å²) in [6.07, 6.45) is 0.889. The highest BCUT2D eigenvalue weighted by molar-refractivity contribution is 6.30. The number of benzene rings is 2. The van der Waals surface area contributed by atoms with Crippen molar-refractivity contribution >= 4 is 11.6 Å². The van der Waals surface area contributed by atoms with E-state index in [0.29, 0.717) is 11.6 Å². The molecular formula is C19H22ClN5O. The highest BCUT2D eigenvalue weighted by Crippen LogP contribution is 2.20. The van der Waals surface area contributed by atoms with Gasteiger partial charge in [0, 0.05) is 11.6 Å². The molecule has 1 heterocycles. The molecule has 0 N–H and O–H groups in total. The molecule has 0 fully saturated rings. The first-order valence-corrected chi connectivity index (χ1v) is 8.95. The van der Waals surface area contributed by atoms with Crippen molar-refractivity contribution in [1.29, 1.82) is 0 Å². The maximum Gasteiger partial charge on any atom is 0.173 e. The summed E-state index contributed by atoms with van der Waals surface area (Å²) in [7, 11) is 2.06. The Morgan fingerprint density at radius 1 is 1.15 bits per heavy atom. The minimum Gasteiger partial charge on any atom is -0.493 e. The smallest absolute Gasteiger partial charge is 0.173 e. The second-order valence-electron chi connectivity index (χ2n) is 6.10. The van der Waals surface area contributed by atoms with E-state index < -0.39 is 0 Å². The molecule has 0 amide bonds. The molecule has 0 aliphatic carbocycles. The van der Waals surface area contributed by atoms with E-state index in [-0.39, 0.29) is 6.04 Å². The first kappa shape index (κ1) is 18.4. The van der Waals surface area contributed by atoms with E-state index in [4.69, 9.17) is 16.3 Å². The van der Waals surface area contributed by atoms with Crippen molar-refractivity contribution in [2.45, 2.75) is 19.4 Å². The van der Waals surface area contributed by atoms with Gasteiger partial charge in [0.15, 0.2) is 5.82 Å². The third kappa shape index (κ3) is 4.59. The van der Waals surface area contributed by atoms with Crippen LogP contribution in [-0.2, 0) is 0 Å². The van der Waals surface area contributed by atoms with Gasteiger partial charge in [-0.15, -0.1) is 5.10 Å². The van der Waals surface area contributed by atoms with Crippen molar-refractivity contribution in [3.63, 3.8) is 0 Å². The molecule has 0 radical (unpaired) electrons. The van der Waals surface area contributed by atoms with Crippen molar-refractivity contribution in [3.05, 3.63) is 65.4 Å². The lowest BCUT2D eigenvalue weighted by molar-refractivity contribution is 0.218. The number of nitrogens with zero attached hydrogens (tertiary/aromatic N) is 5. The maximum atomic E-state index is 5.96. The Hall–Kier alpha value is -2.44. The van der Waals surface area contributed by atoms with E-state index in [0.717, 1.165) is 30.2 Å². The van der Waals surface area contributed by atoms with Crippen LogP contribution in [0.3, 0.4) is 0 Å². The lowest BCUT2D eigenvalue weighted by Crippen LogP contribution is -2.27. The molecule has 0 bridgehead atoms. The summed E-state index contributed by atoms with van der Waals surface area (Å²) in [5.74, 6) is 1.61. The van der Waals surface area contributed by atoms with Gasteiger partial charge < -0.3 is 4.74 Å². The number of ether oxygens (including phenoxy) is 1. The van der Waals surface area contributed by atoms with Gasteiger partial charge in [-0.25, -0.2) is 0 Å². The summed E-state index contributed by atoms with van der Waals surface area (Å²) in [6.45, 7) is 3.59. The fraction of sp³-hybridized carbons (Fsp3) is 0.316. The number of hydrogen-bond acceptors (Lipinski definition) is 5. The molecular weight excluding hydrogens is 350 g/mol. The predicted octanol–water partition coefficient (Wildman–Crippen LogP) is 3.78. The molecule has 136 valence electrons. The first-order valence-electron chi connectivity index (χ1n) is 8.57. The van der Waals surface area contributed by atoms with Crippen molar-refractivity contribution in [3.8, 4) is 11.4 Å². The highest BCUT2D eigenvalue weighted by atomic mass is 35.5. The molecule has 1 unspecified atom stereocenters. The van der Waals surface area contributed by atoms with E-state index in [1.807, 2.05) is 54.6 Å². The zero-order chi connectivity index (χ0) is 18.4.